The lowest BCUT2D eigenvalue weighted by Crippen LogP contribution is -2.24. The molecule has 0 saturated carbocycles. The summed E-state index contributed by atoms with van der Waals surface area (Å²) in [5.41, 5.74) is 7.88. The summed E-state index contributed by atoms with van der Waals surface area (Å²) < 4.78 is 11.4. The first-order chi connectivity index (χ1) is 11.8. The quantitative estimate of drug-likeness (QED) is 0.778. The van der Waals surface area contributed by atoms with Gasteiger partial charge in [-0.25, -0.2) is 4.79 Å². The molecule has 0 amide bonds. The molecule has 2 N–H and O–H groups in total. The van der Waals surface area contributed by atoms with Gasteiger partial charge in [0.25, 0.3) is 0 Å². The predicted octanol–water partition coefficient (Wildman–Crippen LogP) is 4.63. The normalized spacial score (nSPS) is 12.5. The lowest BCUT2D eigenvalue weighted by molar-refractivity contribution is 0.00653. The average Bonchev–Trinajstić information content (AvgIpc) is 2.58. The summed E-state index contributed by atoms with van der Waals surface area (Å²) in [7, 11) is 0. The number of hydrogen-bond donors (Lipinski definition) is 1. The first-order valence-electron chi connectivity index (χ1n) is 8.59. The van der Waals surface area contributed by atoms with Crippen LogP contribution in [0.2, 0.25) is 0 Å². The Labute approximate surface area is 150 Å². The Hall–Kier alpha value is -2.33. The van der Waals surface area contributed by atoms with Crippen molar-refractivity contribution in [2.45, 2.75) is 52.4 Å². The fourth-order valence-corrected chi connectivity index (χ4v) is 2.37. The third kappa shape index (κ3) is 5.61. The maximum Gasteiger partial charge on any atom is 0.342 e. The van der Waals surface area contributed by atoms with E-state index in [4.69, 9.17) is 15.2 Å². The molecule has 25 heavy (non-hydrogen) atoms. The van der Waals surface area contributed by atoms with Crippen LogP contribution >= 0.6 is 0 Å². The van der Waals surface area contributed by atoms with Crippen LogP contribution in [0.25, 0.3) is 0 Å². The van der Waals surface area contributed by atoms with E-state index >= 15 is 0 Å². The summed E-state index contributed by atoms with van der Waals surface area (Å²) >= 11 is 0. The standard InChI is InChI=1S/C21H27NO3/c1-5-18(22)16-11-12-19(24-14-15-9-7-6-8-10-15)17(13-16)20(23)25-21(2,3)4/h6-13,18H,5,14,22H2,1-4H3. The van der Waals surface area contributed by atoms with Crippen LogP contribution in [0.3, 0.4) is 0 Å². The molecule has 1 unspecified atom stereocenters. The van der Waals surface area contributed by atoms with Crippen molar-refractivity contribution in [3.8, 4) is 5.75 Å². The smallest absolute Gasteiger partial charge is 0.342 e. The van der Waals surface area contributed by atoms with Gasteiger partial charge in [-0.2, -0.15) is 0 Å². The minimum Gasteiger partial charge on any atom is -0.488 e. The molecule has 0 heterocycles. The van der Waals surface area contributed by atoms with Crippen LogP contribution in [0.4, 0.5) is 0 Å². The number of carbonyl (C=O) groups excluding carboxylic acids is 1. The molecule has 0 aromatic heterocycles. The lowest BCUT2D eigenvalue weighted by Gasteiger charge is -2.21. The van der Waals surface area contributed by atoms with Gasteiger partial charge in [-0.05, 0) is 50.5 Å². The maximum absolute atomic E-state index is 12.6. The summed E-state index contributed by atoms with van der Waals surface area (Å²) in [6, 6.07) is 15.2. The van der Waals surface area contributed by atoms with Crippen molar-refractivity contribution in [1.29, 1.82) is 0 Å². The van der Waals surface area contributed by atoms with Crippen molar-refractivity contribution in [3.63, 3.8) is 0 Å². The van der Waals surface area contributed by atoms with Gasteiger partial charge in [0.2, 0.25) is 0 Å². The zero-order valence-corrected chi connectivity index (χ0v) is 15.4. The Morgan fingerprint density at radius 1 is 1.12 bits per heavy atom. The fraction of sp³-hybridized carbons (Fsp3) is 0.381. The molecular formula is C21H27NO3. The molecule has 0 bridgehead atoms. The molecule has 4 heteroatoms. The summed E-state index contributed by atoms with van der Waals surface area (Å²) in [6.45, 7) is 7.93. The van der Waals surface area contributed by atoms with Crippen LogP contribution in [0.5, 0.6) is 5.75 Å². The van der Waals surface area contributed by atoms with Gasteiger partial charge in [-0.15, -0.1) is 0 Å². The van der Waals surface area contributed by atoms with E-state index in [-0.39, 0.29) is 6.04 Å². The highest BCUT2D eigenvalue weighted by atomic mass is 16.6. The number of carbonyl (C=O) groups is 1. The summed E-state index contributed by atoms with van der Waals surface area (Å²) in [5, 5.41) is 0. The second-order valence-corrected chi connectivity index (χ2v) is 7.05. The molecule has 0 saturated heterocycles. The molecule has 0 aliphatic carbocycles. The van der Waals surface area contributed by atoms with Gasteiger partial charge in [0.05, 0.1) is 0 Å². The van der Waals surface area contributed by atoms with Gasteiger partial charge < -0.3 is 15.2 Å². The van der Waals surface area contributed by atoms with Gasteiger partial charge in [-0.1, -0.05) is 43.3 Å². The van der Waals surface area contributed by atoms with Crippen LogP contribution in [0.1, 0.15) is 61.6 Å². The first-order valence-corrected chi connectivity index (χ1v) is 8.59. The molecule has 0 fully saturated rings. The number of benzene rings is 2. The zero-order chi connectivity index (χ0) is 18.4. The van der Waals surface area contributed by atoms with Gasteiger partial charge in [0, 0.05) is 6.04 Å². The summed E-state index contributed by atoms with van der Waals surface area (Å²) in [6.07, 6.45) is 0.790. The van der Waals surface area contributed by atoms with Gasteiger partial charge in [0.1, 0.15) is 23.5 Å². The molecule has 0 aliphatic heterocycles. The average molecular weight is 341 g/mol. The van der Waals surface area contributed by atoms with Crippen molar-refractivity contribution in [2.75, 3.05) is 0 Å². The molecule has 134 valence electrons. The fourth-order valence-electron chi connectivity index (χ4n) is 2.37. The first kappa shape index (κ1) is 19.0. The van der Waals surface area contributed by atoms with Crippen molar-refractivity contribution in [1.82, 2.24) is 0 Å². The molecule has 1 atom stereocenters. The van der Waals surface area contributed by atoms with E-state index in [9.17, 15) is 4.79 Å². The van der Waals surface area contributed by atoms with Gasteiger partial charge >= 0.3 is 5.97 Å². The number of ether oxygens (including phenoxy) is 2. The van der Waals surface area contributed by atoms with Crippen LogP contribution in [-0.4, -0.2) is 11.6 Å². The lowest BCUT2D eigenvalue weighted by atomic mass is 10.0. The second-order valence-electron chi connectivity index (χ2n) is 7.05. The molecule has 2 rings (SSSR count). The van der Waals surface area contributed by atoms with E-state index in [2.05, 4.69) is 0 Å². The number of hydrogen-bond acceptors (Lipinski definition) is 4. The third-order valence-electron chi connectivity index (χ3n) is 3.73. The molecule has 0 radical (unpaired) electrons. The van der Waals surface area contributed by atoms with E-state index in [0.29, 0.717) is 17.9 Å². The molecule has 0 spiro atoms. The Bertz CT molecular complexity index is 705. The minimum atomic E-state index is -0.573. The number of rotatable bonds is 6. The molecule has 2 aromatic rings. The monoisotopic (exact) mass is 341 g/mol. The highest BCUT2D eigenvalue weighted by molar-refractivity contribution is 5.93. The Balaban J connectivity index is 2.28. The third-order valence-corrected chi connectivity index (χ3v) is 3.73. The van der Waals surface area contributed by atoms with E-state index in [1.807, 2.05) is 64.1 Å². The summed E-state index contributed by atoms with van der Waals surface area (Å²) in [5.74, 6) is 0.103. The predicted molar refractivity (Wildman–Crippen MR) is 99.6 cm³/mol. The Morgan fingerprint density at radius 3 is 2.40 bits per heavy atom. The van der Waals surface area contributed by atoms with Gasteiger partial charge in [-0.3, -0.25) is 0 Å². The SMILES string of the molecule is CCC(N)c1ccc(OCc2ccccc2)c(C(=O)OC(C)(C)C)c1. The second kappa shape index (κ2) is 8.17. The Morgan fingerprint density at radius 2 is 1.80 bits per heavy atom. The molecule has 0 aliphatic rings. The van der Waals surface area contributed by atoms with E-state index in [1.54, 1.807) is 12.1 Å². The maximum atomic E-state index is 12.6. The Kier molecular flexibility index (Phi) is 6.21. The number of esters is 1. The van der Waals surface area contributed by atoms with E-state index in [1.165, 1.54) is 0 Å². The van der Waals surface area contributed by atoms with Crippen molar-refractivity contribution in [3.05, 3.63) is 65.2 Å². The molecule has 4 nitrogen and oxygen atoms in total. The van der Waals surface area contributed by atoms with Crippen LogP contribution in [-0.2, 0) is 11.3 Å². The van der Waals surface area contributed by atoms with Crippen molar-refractivity contribution >= 4 is 5.97 Å². The van der Waals surface area contributed by atoms with Gasteiger partial charge in [0.15, 0.2) is 0 Å². The minimum absolute atomic E-state index is 0.121. The highest BCUT2D eigenvalue weighted by Crippen LogP contribution is 2.27. The van der Waals surface area contributed by atoms with E-state index < -0.39 is 11.6 Å². The number of nitrogens with two attached hydrogens (primary N) is 1. The van der Waals surface area contributed by atoms with Crippen molar-refractivity contribution < 1.29 is 14.3 Å². The summed E-state index contributed by atoms with van der Waals surface area (Å²) in [4.78, 5) is 12.6. The van der Waals surface area contributed by atoms with Crippen LogP contribution in [0, 0.1) is 0 Å². The van der Waals surface area contributed by atoms with Crippen LogP contribution < -0.4 is 10.5 Å². The topological polar surface area (TPSA) is 61.5 Å². The van der Waals surface area contributed by atoms with Crippen molar-refractivity contribution in [2.24, 2.45) is 5.73 Å². The zero-order valence-electron chi connectivity index (χ0n) is 15.4. The molecular weight excluding hydrogens is 314 g/mol. The largest absolute Gasteiger partial charge is 0.488 e. The van der Waals surface area contributed by atoms with E-state index in [0.717, 1.165) is 17.5 Å². The molecule has 2 aromatic carbocycles. The van der Waals surface area contributed by atoms with Crippen LogP contribution in [0.15, 0.2) is 48.5 Å². The highest BCUT2D eigenvalue weighted by Gasteiger charge is 2.22.